The Bertz CT molecular complexity index is 1550. The lowest BCUT2D eigenvalue weighted by molar-refractivity contribution is -0.0733. The Morgan fingerprint density at radius 3 is 2.36 bits per heavy atom. The van der Waals surface area contributed by atoms with Crippen LogP contribution in [0.1, 0.15) is 42.2 Å². The zero-order valence-electron chi connectivity index (χ0n) is 20.5. The van der Waals surface area contributed by atoms with Gasteiger partial charge in [0.05, 0.1) is 27.1 Å². The summed E-state index contributed by atoms with van der Waals surface area (Å²) < 4.78 is 81.4. The molecule has 2 aliphatic rings. The van der Waals surface area contributed by atoms with Gasteiger partial charge >= 0.3 is 0 Å². The number of nitrogens with zero attached hydrogens (tertiary/aromatic N) is 1. The van der Waals surface area contributed by atoms with Gasteiger partial charge in [-0.3, -0.25) is 9.78 Å². The first-order valence-corrected chi connectivity index (χ1v) is 14.1. The highest BCUT2D eigenvalue weighted by Gasteiger charge is 2.60. The van der Waals surface area contributed by atoms with Crippen molar-refractivity contribution >= 4 is 33.0 Å². The van der Waals surface area contributed by atoms with Crippen LogP contribution in [-0.2, 0) is 15.4 Å². The monoisotopic (exact) mass is 582 g/mol. The summed E-state index contributed by atoms with van der Waals surface area (Å²) in [7, 11) is -4.10. The van der Waals surface area contributed by atoms with Crippen LogP contribution in [0.3, 0.4) is 0 Å². The molecule has 2 bridgehead atoms. The summed E-state index contributed by atoms with van der Waals surface area (Å²) in [4.78, 5) is 16.5. The fourth-order valence-electron chi connectivity index (χ4n) is 6.05. The summed E-state index contributed by atoms with van der Waals surface area (Å²) in [5.74, 6) is -7.08. The second-order valence-electron chi connectivity index (χ2n) is 10.2. The number of rotatable bonds is 5. The largest absolute Gasteiger partial charge is 0.383 e. The van der Waals surface area contributed by atoms with Gasteiger partial charge < -0.3 is 10.4 Å². The highest BCUT2D eigenvalue weighted by atomic mass is 35.5. The minimum atomic E-state index is -4.10. The number of hydrogen-bond acceptors (Lipinski definition) is 5. The number of aliphatic hydroxyl groups is 1. The van der Waals surface area contributed by atoms with Crippen LogP contribution in [0, 0.1) is 41.0 Å². The first-order valence-electron chi connectivity index (χ1n) is 12.2. The number of pyridine rings is 1. The number of carbonyl (C=O) groups is 1. The van der Waals surface area contributed by atoms with Crippen LogP contribution >= 0.6 is 11.6 Å². The van der Waals surface area contributed by atoms with Crippen molar-refractivity contribution in [3.05, 3.63) is 88.2 Å². The van der Waals surface area contributed by atoms with Gasteiger partial charge in [-0.05, 0) is 67.3 Å². The number of halogens is 5. The van der Waals surface area contributed by atoms with Crippen molar-refractivity contribution in [3.8, 4) is 0 Å². The molecule has 2 N–H and O–H groups in total. The predicted octanol–water partition coefficient (Wildman–Crippen LogP) is 5.64. The lowest BCUT2D eigenvalue weighted by atomic mass is 9.71. The van der Waals surface area contributed by atoms with E-state index in [0.717, 1.165) is 12.3 Å². The minimum absolute atomic E-state index is 0.0314. The van der Waals surface area contributed by atoms with Crippen LogP contribution in [0.5, 0.6) is 0 Å². The fraction of sp³-hybridized carbons (Fsp3) is 0.333. The number of amides is 1. The summed E-state index contributed by atoms with van der Waals surface area (Å²) >= 11 is 6.26. The van der Waals surface area contributed by atoms with Gasteiger partial charge in [-0.15, -0.1) is 0 Å². The number of hydrogen-bond donors (Lipinski definition) is 2. The Morgan fingerprint density at radius 1 is 1.05 bits per heavy atom. The second-order valence-corrected chi connectivity index (χ2v) is 12.8. The third kappa shape index (κ3) is 4.70. The maximum Gasteiger partial charge on any atom is 0.255 e. The summed E-state index contributed by atoms with van der Waals surface area (Å²) in [6.45, 7) is 1.92. The van der Waals surface area contributed by atoms with Gasteiger partial charge in [0.15, 0.2) is 27.3 Å². The van der Waals surface area contributed by atoms with Crippen molar-refractivity contribution < 1.29 is 35.9 Å². The zero-order valence-corrected chi connectivity index (χ0v) is 22.0. The smallest absolute Gasteiger partial charge is 0.255 e. The standard InChI is InChI=1S/C27H23ClF4N2O4S/c1-13-6-15-8-18(11-19(13)27(15,36)24-5-3-16(29)12-33-24)39(37,38)23-7-14(2-4-20(23)28)26(35)34-17-9-21(30)25(32)22(31)10-17/h2-5,7,9-10,12-13,15,18-19,36H,6,8,11H2,1H3,(H,34,35)/t13-,15?,18+,19+,27+/m0/s1. The third-order valence-corrected chi connectivity index (χ3v) is 10.6. The van der Waals surface area contributed by atoms with E-state index in [4.69, 9.17) is 11.6 Å². The molecule has 0 radical (unpaired) electrons. The number of nitrogens with one attached hydrogen (secondary N) is 1. The van der Waals surface area contributed by atoms with Crippen LogP contribution in [-0.4, -0.2) is 29.7 Å². The van der Waals surface area contributed by atoms with E-state index in [1.54, 1.807) is 0 Å². The molecule has 1 aromatic heterocycles. The van der Waals surface area contributed by atoms with Gasteiger partial charge in [0.1, 0.15) is 11.4 Å². The molecule has 39 heavy (non-hydrogen) atoms. The highest BCUT2D eigenvalue weighted by molar-refractivity contribution is 7.92. The molecule has 0 saturated heterocycles. The number of fused-ring (bicyclic) bond motifs is 2. The lowest BCUT2D eigenvalue weighted by Gasteiger charge is -2.42. The van der Waals surface area contributed by atoms with Gasteiger partial charge in [0.25, 0.3) is 5.91 Å². The lowest BCUT2D eigenvalue weighted by Crippen LogP contribution is -2.47. The quantitative estimate of drug-likeness (QED) is 0.300. The molecular formula is C27H23ClF4N2O4S. The van der Waals surface area contributed by atoms with Crippen LogP contribution in [0.4, 0.5) is 23.2 Å². The summed E-state index contributed by atoms with van der Waals surface area (Å²) in [6, 6.07) is 7.38. The van der Waals surface area contributed by atoms with E-state index in [2.05, 4.69) is 10.3 Å². The van der Waals surface area contributed by atoms with E-state index in [1.807, 2.05) is 6.92 Å². The SMILES string of the molecule is C[C@H]1CC2C[C@@H](S(=O)(=O)c3cc(C(=O)Nc4cc(F)c(F)c(F)c4)ccc3Cl)C[C@H]1[C@@]2(O)c1ccc(F)cn1. The van der Waals surface area contributed by atoms with Crippen LogP contribution in [0.25, 0.3) is 0 Å². The average molecular weight is 583 g/mol. The normalized spacial score (nSPS) is 26.4. The topological polar surface area (TPSA) is 96.4 Å². The molecule has 2 aliphatic carbocycles. The molecule has 12 heteroatoms. The first kappa shape index (κ1) is 27.5. The Labute approximate surface area is 226 Å². The van der Waals surface area contributed by atoms with Crippen LogP contribution in [0.15, 0.2) is 53.6 Å². The maximum absolute atomic E-state index is 13.8. The van der Waals surface area contributed by atoms with E-state index in [-0.39, 0.29) is 39.9 Å². The molecule has 206 valence electrons. The molecule has 2 fully saturated rings. The zero-order chi connectivity index (χ0) is 28.3. The molecule has 5 atom stereocenters. The van der Waals surface area contributed by atoms with Gasteiger partial charge in [-0.2, -0.15) is 0 Å². The summed E-state index contributed by atoms with van der Waals surface area (Å²) in [6.07, 6.45) is 1.76. The predicted molar refractivity (Wildman–Crippen MR) is 135 cm³/mol. The van der Waals surface area contributed by atoms with E-state index >= 15 is 0 Å². The summed E-state index contributed by atoms with van der Waals surface area (Å²) in [5, 5.41) is 12.9. The summed E-state index contributed by atoms with van der Waals surface area (Å²) in [5.41, 5.74) is -1.63. The molecular weight excluding hydrogens is 560 g/mol. The van der Waals surface area contributed by atoms with E-state index < -0.39 is 61.7 Å². The first-order chi connectivity index (χ1) is 18.3. The molecule has 5 rings (SSSR count). The van der Waals surface area contributed by atoms with Gasteiger partial charge in [-0.1, -0.05) is 18.5 Å². The molecule has 2 saturated carbocycles. The average Bonchev–Trinajstić information content (AvgIpc) is 3.00. The van der Waals surface area contributed by atoms with E-state index in [9.17, 15) is 35.9 Å². The number of sulfone groups is 1. The van der Waals surface area contributed by atoms with Crippen molar-refractivity contribution in [2.75, 3.05) is 5.32 Å². The van der Waals surface area contributed by atoms with Crippen molar-refractivity contribution in [2.24, 2.45) is 17.8 Å². The number of aromatic nitrogens is 1. The van der Waals surface area contributed by atoms with Crippen LogP contribution in [0.2, 0.25) is 5.02 Å². The molecule has 6 nitrogen and oxygen atoms in total. The van der Waals surface area contributed by atoms with E-state index in [0.29, 0.717) is 24.2 Å². The Hall–Kier alpha value is -3.02. The van der Waals surface area contributed by atoms with Crippen molar-refractivity contribution in [1.82, 2.24) is 4.98 Å². The maximum atomic E-state index is 13.8. The number of benzene rings is 2. The van der Waals surface area contributed by atoms with Crippen molar-refractivity contribution in [3.63, 3.8) is 0 Å². The number of anilines is 1. The molecule has 2 aromatic carbocycles. The second kappa shape index (κ2) is 9.87. The van der Waals surface area contributed by atoms with Crippen LogP contribution < -0.4 is 5.32 Å². The third-order valence-electron chi connectivity index (χ3n) is 7.91. The fourth-order valence-corrected chi connectivity index (χ4v) is 8.43. The van der Waals surface area contributed by atoms with Gasteiger partial charge in [0.2, 0.25) is 0 Å². The minimum Gasteiger partial charge on any atom is -0.383 e. The van der Waals surface area contributed by atoms with Crippen molar-refractivity contribution in [1.29, 1.82) is 0 Å². The molecule has 1 amide bonds. The number of carbonyl (C=O) groups excluding carboxylic acids is 1. The Balaban J connectivity index is 1.42. The molecule has 0 spiro atoms. The molecule has 1 heterocycles. The Kier molecular flexibility index (Phi) is 6.97. The van der Waals surface area contributed by atoms with Gasteiger partial charge in [-0.25, -0.2) is 26.0 Å². The van der Waals surface area contributed by atoms with E-state index in [1.165, 1.54) is 24.3 Å². The molecule has 0 aliphatic heterocycles. The Morgan fingerprint density at radius 2 is 1.74 bits per heavy atom. The van der Waals surface area contributed by atoms with Crippen molar-refractivity contribution in [2.45, 2.75) is 41.9 Å². The highest BCUT2D eigenvalue weighted by Crippen LogP contribution is 2.58. The molecule has 1 unspecified atom stereocenters. The molecule has 3 aromatic rings. The van der Waals surface area contributed by atoms with Gasteiger partial charge in [0, 0.05) is 23.4 Å².